The quantitative estimate of drug-likeness (QED) is 0.390. The maximum absolute atomic E-state index is 14.0. The molecular weight excluding hydrogens is 412 g/mol. The van der Waals surface area contributed by atoms with Crippen molar-refractivity contribution in [3.05, 3.63) is 12.7 Å². The number of carboxylic acid groups (broad SMARTS) is 1. The Kier molecular flexibility index (Phi) is 6.78. The number of rotatable bonds is 10. The van der Waals surface area contributed by atoms with Crippen molar-refractivity contribution in [1.82, 2.24) is 9.80 Å². The van der Waals surface area contributed by atoms with Gasteiger partial charge in [-0.15, -0.1) is 6.58 Å². The fourth-order valence-electron chi connectivity index (χ4n) is 6.16. The van der Waals surface area contributed by atoms with Gasteiger partial charge in [0, 0.05) is 25.2 Å². The highest BCUT2D eigenvalue weighted by atomic mass is 16.5. The summed E-state index contributed by atoms with van der Waals surface area (Å²) in [6.07, 6.45) is 5.15. The maximum Gasteiger partial charge on any atom is 0.310 e. The Bertz CT molecular complexity index is 777. The van der Waals surface area contributed by atoms with E-state index in [1.807, 2.05) is 27.7 Å². The van der Waals surface area contributed by atoms with Crippen LogP contribution in [-0.2, 0) is 19.1 Å². The summed E-state index contributed by atoms with van der Waals surface area (Å²) in [5.41, 5.74) is -2.52. The lowest BCUT2D eigenvalue weighted by Gasteiger charge is -2.42. The second-order valence-corrected chi connectivity index (χ2v) is 10.4. The van der Waals surface area contributed by atoms with Gasteiger partial charge in [-0.3, -0.25) is 14.4 Å². The monoisotopic (exact) mass is 450 g/mol. The Morgan fingerprint density at radius 1 is 1.28 bits per heavy atom. The predicted molar refractivity (Wildman–Crippen MR) is 119 cm³/mol. The van der Waals surface area contributed by atoms with Gasteiger partial charge in [-0.1, -0.05) is 13.0 Å². The molecule has 3 aliphatic rings. The predicted octanol–water partition coefficient (Wildman–Crippen LogP) is 2.20. The van der Waals surface area contributed by atoms with E-state index in [1.54, 1.807) is 15.9 Å². The molecular formula is C24H38N2O6. The van der Waals surface area contributed by atoms with E-state index in [9.17, 15) is 19.5 Å². The lowest BCUT2D eigenvalue weighted by molar-refractivity contribution is -0.159. The van der Waals surface area contributed by atoms with Crippen molar-refractivity contribution >= 4 is 17.8 Å². The number of hydrogen-bond donors (Lipinski definition) is 2. The largest absolute Gasteiger partial charge is 0.481 e. The highest BCUT2D eigenvalue weighted by Gasteiger charge is 2.79. The molecule has 0 saturated carbocycles. The number of fused-ring (bicyclic) bond motifs is 1. The summed E-state index contributed by atoms with van der Waals surface area (Å²) in [7, 11) is 0. The van der Waals surface area contributed by atoms with E-state index >= 15 is 0 Å². The molecule has 2 unspecified atom stereocenters. The second kappa shape index (κ2) is 8.78. The zero-order valence-electron chi connectivity index (χ0n) is 19.8. The van der Waals surface area contributed by atoms with Gasteiger partial charge in [0.25, 0.3) is 0 Å². The number of aliphatic carboxylic acids is 1. The number of carbonyl (C=O) groups excluding carboxylic acids is 2. The Balaban J connectivity index is 2.06. The molecule has 0 aromatic heterocycles. The lowest BCUT2D eigenvalue weighted by atomic mass is 9.65. The summed E-state index contributed by atoms with van der Waals surface area (Å²) >= 11 is 0. The molecule has 8 nitrogen and oxygen atoms in total. The van der Waals surface area contributed by atoms with E-state index in [4.69, 9.17) is 9.84 Å². The lowest BCUT2D eigenvalue weighted by Crippen LogP contribution is -2.60. The van der Waals surface area contributed by atoms with Crippen LogP contribution in [0.1, 0.15) is 66.2 Å². The first-order valence-electron chi connectivity index (χ1n) is 11.8. The first-order chi connectivity index (χ1) is 15.0. The molecule has 2 amide bonds. The van der Waals surface area contributed by atoms with Crippen LogP contribution in [0.3, 0.4) is 0 Å². The second-order valence-electron chi connectivity index (χ2n) is 10.4. The van der Waals surface area contributed by atoms with Crippen molar-refractivity contribution in [1.29, 1.82) is 0 Å². The minimum absolute atomic E-state index is 0.0726. The number of carboxylic acids is 1. The third-order valence-corrected chi connectivity index (χ3v) is 7.63. The van der Waals surface area contributed by atoms with Crippen LogP contribution in [0.15, 0.2) is 12.7 Å². The van der Waals surface area contributed by atoms with Gasteiger partial charge >= 0.3 is 5.97 Å². The molecule has 1 spiro atoms. The highest BCUT2D eigenvalue weighted by Crippen LogP contribution is 2.64. The first-order valence-corrected chi connectivity index (χ1v) is 11.8. The van der Waals surface area contributed by atoms with Gasteiger partial charge in [0.1, 0.15) is 17.6 Å². The zero-order valence-corrected chi connectivity index (χ0v) is 19.8. The maximum atomic E-state index is 14.0. The standard InChI is InChI=1S/C24H38N2O6/c1-6-13-26(22(3,4)5)20(29)18-24-12-11-23(7-2,32-24)17(21(30)31)16(24)19(28)25(18)14-9-8-10-15-27/h6,16-18,27H,1,7-15H2,2-5H3,(H,30,31)/t16-,17+,18?,23-,24?/m0/s1. The molecule has 0 radical (unpaired) electrons. The van der Waals surface area contributed by atoms with Gasteiger partial charge in [0.15, 0.2) is 0 Å². The number of nitrogens with zero attached hydrogens (tertiary/aromatic N) is 2. The van der Waals surface area contributed by atoms with Crippen LogP contribution in [0.25, 0.3) is 0 Å². The van der Waals surface area contributed by atoms with Crippen molar-refractivity contribution in [2.24, 2.45) is 11.8 Å². The fourth-order valence-corrected chi connectivity index (χ4v) is 6.16. The van der Waals surface area contributed by atoms with Crippen LogP contribution in [0.4, 0.5) is 0 Å². The minimum atomic E-state index is -1.12. The molecule has 0 aromatic rings. The highest BCUT2D eigenvalue weighted by molar-refractivity contribution is 5.98. The summed E-state index contributed by atoms with van der Waals surface area (Å²) in [5, 5.41) is 19.2. The van der Waals surface area contributed by atoms with Crippen LogP contribution in [-0.4, -0.2) is 80.3 Å². The number of hydrogen-bond acceptors (Lipinski definition) is 5. The number of aliphatic hydroxyl groups is 1. The van der Waals surface area contributed by atoms with Crippen molar-refractivity contribution < 1.29 is 29.3 Å². The SMILES string of the molecule is C=CCN(C(=O)C1N(CCCCCO)C(=O)[C@@H]2[C@H](C(=O)O)[C@]3(CC)CCC12O3)C(C)(C)C. The molecule has 2 bridgehead atoms. The van der Waals surface area contributed by atoms with Crippen LogP contribution >= 0.6 is 0 Å². The molecule has 2 N–H and O–H groups in total. The number of unbranched alkanes of at least 4 members (excludes halogenated alkanes) is 2. The Morgan fingerprint density at radius 3 is 2.50 bits per heavy atom. The third-order valence-electron chi connectivity index (χ3n) is 7.63. The molecule has 3 rings (SSSR count). The molecule has 3 fully saturated rings. The summed E-state index contributed by atoms with van der Waals surface area (Å²) in [6, 6.07) is -0.855. The molecule has 0 aliphatic carbocycles. The summed E-state index contributed by atoms with van der Waals surface area (Å²) < 4.78 is 6.54. The number of amides is 2. The number of aliphatic hydroxyl groups excluding tert-OH is 1. The Hall–Kier alpha value is -1.93. The van der Waals surface area contributed by atoms with E-state index < -0.39 is 40.6 Å². The van der Waals surface area contributed by atoms with Gasteiger partial charge in [-0.2, -0.15) is 0 Å². The van der Waals surface area contributed by atoms with Crippen molar-refractivity contribution in [3.8, 4) is 0 Å². The smallest absolute Gasteiger partial charge is 0.310 e. The topological polar surface area (TPSA) is 107 Å². The average molecular weight is 451 g/mol. The van der Waals surface area contributed by atoms with Crippen LogP contribution in [0.5, 0.6) is 0 Å². The number of likely N-dealkylation sites (tertiary alicyclic amines) is 1. The molecule has 0 aromatic carbocycles. The van der Waals surface area contributed by atoms with E-state index in [2.05, 4.69) is 6.58 Å². The molecule has 5 atom stereocenters. The van der Waals surface area contributed by atoms with Crippen LogP contribution in [0, 0.1) is 11.8 Å². The normalized spacial score (nSPS) is 33.5. The van der Waals surface area contributed by atoms with Gasteiger partial charge in [-0.25, -0.2) is 0 Å². The van der Waals surface area contributed by atoms with E-state index in [0.29, 0.717) is 45.2 Å². The average Bonchev–Trinajstić information content (AvgIpc) is 3.32. The van der Waals surface area contributed by atoms with Gasteiger partial charge < -0.3 is 24.7 Å². The fraction of sp³-hybridized carbons (Fsp3) is 0.792. The minimum Gasteiger partial charge on any atom is -0.481 e. The zero-order chi connectivity index (χ0) is 23.9. The Morgan fingerprint density at radius 2 is 1.97 bits per heavy atom. The van der Waals surface area contributed by atoms with Crippen molar-refractivity contribution in [2.75, 3.05) is 19.7 Å². The van der Waals surface area contributed by atoms with Crippen LogP contribution < -0.4 is 0 Å². The van der Waals surface area contributed by atoms with Crippen LogP contribution in [0.2, 0.25) is 0 Å². The number of carbonyl (C=O) groups is 3. The molecule has 3 heterocycles. The molecule has 32 heavy (non-hydrogen) atoms. The van der Waals surface area contributed by atoms with Gasteiger partial charge in [0.2, 0.25) is 11.8 Å². The van der Waals surface area contributed by atoms with E-state index in [0.717, 1.165) is 6.42 Å². The summed E-state index contributed by atoms with van der Waals surface area (Å²) in [5.74, 6) is -3.34. The molecule has 3 aliphatic heterocycles. The number of ether oxygens (including phenoxy) is 1. The van der Waals surface area contributed by atoms with E-state index in [1.165, 1.54) is 0 Å². The molecule has 180 valence electrons. The molecule has 3 saturated heterocycles. The first kappa shape index (κ1) is 24.7. The van der Waals surface area contributed by atoms with E-state index in [-0.39, 0.29) is 18.4 Å². The molecule has 8 heteroatoms. The van der Waals surface area contributed by atoms with Crippen molar-refractivity contribution in [2.45, 2.75) is 89.0 Å². The Labute approximate surface area is 190 Å². The summed E-state index contributed by atoms with van der Waals surface area (Å²) in [4.78, 5) is 43.3. The van der Waals surface area contributed by atoms with Gasteiger partial charge in [0.05, 0.1) is 11.5 Å². The van der Waals surface area contributed by atoms with Gasteiger partial charge in [-0.05, 0) is 59.3 Å². The summed E-state index contributed by atoms with van der Waals surface area (Å²) in [6.45, 7) is 12.2. The third kappa shape index (κ3) is 3.65. The van der Waals surface area contributed by atoms with Crippen molar-refractivity contribution in [3.63, 3.8) is 0 Å².